The van der Waals surface area contributed by atoms with Gasteiger partial charge in [0.05, 0.1) is 11.2 Å². The average molecular weight is 291 g/mol. The molecule has 3 nitrogen and oxygen atoms in total. The Balaban J connectivity index is 2.02. The molecule has 0 fully saturated rings. The van der Waals surface area contributed by atoms with E-state index in [2.05, 4.69) is 10.5 Å². The molecule has 0 spiro atoms. The number of hydrogen-bond donors (Lipinski definition) is 1. The minimum absolute atomic E-state index is 0.235. The van der Waals surface area contributed by atoms with Gasteiger partial charge in [0.2, 0.25) is 0 Å². The van der Waals surface area contributed by atoms with Gasteiger partial charge in [-0.05, 0) is 37.3 Å². The second-order valence-corrected chi connectivity index (χ2v) is 4.64. The summed E-state index contributed by atoms with van der Waals surface area (Å²) in [6, 6.07) is 11.1. The van der Waals surface area contributed by atoms with Crippen molar-refractivity contribution in [1.82, 2.24) is 5.43 Å². The first-order valence-electron chi connectivity index (χ1n) is 5.91. The average Bonchev–Trinajstić information content (AvgIpc) is 2.42. The molecule has 20 heavy (non-hydrogen) atoms. The van der Waals surface area contributed by atoms with Gasteiger partial charge in [-0.3, -0.25) is 4.79 Å². The van der Waals surface area contributed by atoms with Gasteiger partial charge in [0.15, 0.2) is 0 Å². The Bertz CT molecular complexity index is 653. The molecule has 2 aromatic rings. The smallest absolute Gasteiger partial charge is 0.267 e. The fraction of sp³-hybridized carbons (Fsp3) is 0.0667. The number of nitrogens with zero attached hydrogens (tertiary/aromatic N) is 1. The van der Waals surface area contributed by atoms with Crippen LogP contribution in [0.15, 0.2) is 47.6 Å². The summed E-state index contributed by atoms with van der Waals surface area (Å²) >= 11 is 5.84. The Morgan fingerprint density at radius 3 is 2.60 bits per heavy atom. The Morgan fingerprint density at radius 2 is 1.95 bits per heavy atom. The molecule has 0 aliphatic rings. The van der Waals surface area contributed by atoms with Crippen molar-refractivity contribution in [2.75, 3.05) is 0 Å². The molecule has 0 heterocycles. The number of benzene rings is 2. The number of aryl methyl sites for hydroxylation is 1. The highest BCUT2D eigenvalue weighted by Gasteiger charge is 2.03. The minimum atomic E-state index is -0.421. The molecular formula is C15H12ClFN2O. The van der Waals surface area contributed by atoms with Crippen LogP contribution in [-0.4, -0.2) is 12.1 Å². The van der Waals surface area contributed by atoms with Crippen molar-refractivity contribution in [2.24, 2.45) is 5.10 Å². The molecule has 5 heteroatoms. The van der Waals surface area contributed by atoms with Crippen LogP contribution in [0, 0.1) is 12.7 Å². The third kappa shape index (κ3) is 3.65. The molecule has 0 aromatic heterocycles. The van der Waals surface area contributed by atoms with Gasteiger partial charge in [0.1, 0.15) is 5.82 Å². The number of carbonyl (C=O) groups excluding carboxylic acids is 1. The molecular weight excluding hydrogens is 279 g/mol. The summed E-state index contributed by atoms with van der Waals surface area (Å²) in [6.45, 7) is 1.94. The summed E-state index contributed by atoms with van der Waals surface area (Å²) in [6.07, 6.45) is 1.37. The highest BCUT2D eigenvalue weighted by molar-refractivity contribution is 6.33. The van der Waals surface area contributed by atoms with Crippen molar-refractivity contribution in [3.8, 4) is 0 Å². The van der Waals surface area contributed by atoms with E-state index in [9.17, 15) is 9.18 Å². The molecule has 2 aromatic carbocycles. The van der Waals surface area contributed by atoms with Crippen molar-refractivity contribution in [3.05, 3.63) is 70.0 Å². The van der Waals surface area contributed by atoms with Crippen molar-refractivity contribution in [3.63, 3.8) is 0 Å². The molecule has 0 atom stereocenters. The van der Waals surface area contributed by atoms with Gasteiger partial charge >= 0.3 is 0 Å². The van der Waals surface area contributed by atoms with E-state index in [0.717, 1.165) is 5.56 Å². The number of halogens is 2. The number of hydrogen-bond acceptors (Lipinski definition) is 2. The van der Waals surface area contributed by atoms with Crippen LogP contribution >= 0.6 is 11.6 Å². The predicted octanol–water partition coefficient (Wildman–Crippen LogP) is 3.55. The zero-order valence-corrected chi connectivity index (χ0v) is 11.5. The molecule has 1 N–H and O–H groups in total. The van der Waals surface area contributed by atoms with Gasteiger partial charge in [-0.15, -0.1) is 0 Å². The van der Waals surface area contributed by atoms with Gasteiger partial charge < -0.3 is 0 Å². The van der Waals surface area contributed by atoms with Gasteiger partial charge in [-0.1, -0.05) is 29.3 Å². The third-order valence-corrected chi connectivity index (χ3v) is 2.97. The van der Waals surface area contributed by atoms with E-state index in [1.165, 1.54) is 24.4 Å². The van der Waals surface area contributed by atoms with Gasteiger partial charge in [-0.25, -0.2) is 9.82 Å². The van der Waals surface area contributed by atoms with E-state index in [0.29, 0.717) is 11.1 Å². The quantitative estimate of drug-likeness (QED) is 0.681. The van der Waals surface area contributed by atoms with Crippen LogP contribution in [0.4, 0.5) is 4.39 Å². The molecule has 2 rings (SSSR count). The van der Waals surface area contributed by atoms with Gasteiger partial charge in [0, 0.05) is 11.1 Å². The largest absolute Gasteiger partial charge is 0.271 e. The van der Waals surface area contributed by atoms with E-state index in [1.54, 1.807) is 12.1 Å². The van der Waals surface area contributed by atoms with Crippen molar-refractivity contribution in [2.45, 2.75) is 6.92 Å². The zero-order chi connectivity index (χ0) is 14.5. The van der Waals surface area contributed by atoms with E-state index < -0.39 is 5.82 Å². The number of nitrogens with one attached hydrogen (secondary N) is 1. The van der Waals surface area contributed by atoms with E-state index in [1.807, 2.05) is 19.1 Å². The molecule has 0 radical (unpaired) electrons. The fourth-order valence-corrected chi connectivity index (χ4v) is 1.75. The summed E-state index contributed by atoms with van der Waals surface area (Å²) in [4.78, 5) is 11.8. The summed E-state index contributed by atoms with van der Waals surface area (Å²) in [5.74, 6) is -0.740. The van der Waals surface area contributed by atoms with Gasteiger partial charge in [-0.2, -0.15) is 5.10 Å². The number of rotatable bonds is 3. The van der Waals surface area contributed by atoms with Crippen LogP contribution in [0.2, 0.25) is 5.02 Å². The first-order chi connectivity index (χ1) is 9.56. The summed E-state index contributed by atoms with van der Waals surface area (Å²) < 4.78 is 12.9. The third-order valence-electron chi connectivity index (χ3n) is 2.65. The zero-order valence-electron chi connectivity index (χ0n) is 10.7. The first kappa shape index (κ1) is 14.2. The predicted molar refractivity (Wildman–Crippen MR) is 77.6 cm³/mol. The Morgan fingerprint density at radius 1 is 1.25 bits per heavy atom. The Hall–Kier alpha value is -2.20. The lowest BCUT2D eigenvalue weighted by molar-refractivity contribution is 0.0955. The second-order valence-electron chi connectivity index (χ2n) is 4.23. The normalized spacial score (nSPS) is 10.8. The topological polar surface area (TPSA) is 41.5 Å². The van der Waals surface area contributed by atoms with Crippen LogP contribution < -0.4 is 5.43 Å². The van der Waals surface area contributed by atoms with Crippen LogP contribution in [0.5, 0.6) is 0 Å². The Kier molecular flexibility index (Phi) is 4.48. The lowest BCUT2D eigenvalue weighted by Gasteiger charge is -2.01. The first-order valence-corrected chi connectivity index (χ1v) is 6.29. The van der Waals surface area contributed by atoms with Crippen LogP contribution in [0.25, 0.3) is 0 Å². The van der Waals surface area contributed by atoms with E-state index in [-0.39, 0.29) is 10.9 Å². The number of hydrazone groups is 1. The molecule has 0 bridgehead atoms. The molecule has 0 aliphatic carbocycles. The standard InChI is InChI=1S/C15H12ClFN2O/c1-10-2-4-11(5-3-10)15(20)19-18-9-12-6-7-13(17)8-14(12)16/h2-9H,1H3,(H,19,20)/b18-9+. The second kappa shape index (κ2) is 6.30. The maximum Gasteiger partial charge on any atom is 0.271 e. The van der Waals surface area contributed by atoms with Gasteiger partial charge in [0.25, 0.3) is 5.91 Å². The highest BCUT2D eigenvalue weighted by Crippen LogP contribution is 2.15. The summed E-state index contributed by atoms with van der Waals surface area (Å²) in [5, 5.41) is 4.03. The Labute approximate surface area is 121 Å². The molecule has 1 amide bonds. The maximum atomic E-state index is 12.9. The number of carbonyl (C=O) groups is 1. The summed E-state index contributed by atoms with van der Waals surface area (Å²) in [7, 11) is 0. The van der Waals surface area contributed by atoms with Crippen LogP contribution in [0.1, 0.15) is 21.5 Å². The van der Waals surface area contributed by atoms with Crippen LogP contribution in [-0.2, 0) is 0 Å². The molecule has 102 valence electrons. The van der Waals surface area contributed by atoms with Crippen molar-refractivity contribution in [1.29, 1.82) is 0 Å². The maximum absolute atomic E-state index is 12.9. The lowest BCUT2D eigenvalue weighted by Crippen LogP contribution is -2.17. The number of amides is 1. The van der Waals surface area contributed by atoms with Crippen molar-refractivity contribution < 1.29 is 9.18 Å². The monoisotopic (exact) mass is 290 g/mol. The fourth-order valence-electron chi connectivity index (χ4n) is 1.54. The minimum Gasteiger partial charge on any atom is -0.267 e. The van der Waals surface area contributed by atoms with Crippen molar-refractivity contribution >= 4 is 23.7 Å². The van der Waals surface area contributed by atoms with Crippen LogP contribution in [0.3, 0.4) is 0 Å². The molecule has 0 aliphatic heterocycles. The van der Waals surface area contributed by atoms with E-state index in [4.69, 9.17) is 11.6 Å². The SMILES string of the molecule is Cc1ccc(C(=O)N/N=C/c2ccc(F)cc2Cl)cc1. The highest BCUT2D eigenvalue weighted by atomic mass is 35.5. The van der Waals surface area contributed by atoms with E-state index >= 15 is 0 Å². The molecule has 0 unspecified atom stereocenters. The lowest BCUT2D eigenvalue weighted by atomic mass is 10.1. The molecule has 0 saturated carbocycles. The summed E-state index contributed by atoms with van der Waals surface area (Å²) in [5.41, 5.74) is 4.50. The molecule has 0 saturated heterocycles.